The van der Waals surface area contributed by atoms with Crippen LogP contribution in [0.25, 0.3) is 11.2 Å². The molecule has 3 aromatic carbocycles. The number of aromatic nitrogens is 4. The molecule has 4 saturated heterocycles. The monoisotopic (exact) mass is 960 g/mol. The van der Waals surface area contributed by atoms with Crippen LogP contribution in [0.5, 0.6) is 0 Å². The number of hydrogen-bond acceptors (Lipinski definition) is 13. The van der Waals surface area contributed by atoms with Crippen molar-refractivity contribution in [2.45, 2.75) is 82.3 Å². The fourth-order valence-corrected chi connectivity index (χ4v) is 11.4. The van der Waals surface area contributed by atoms with Gasteiger partial charge in [0.25, 0.3) is 11.8 Å². The fourth-order valence-electron chi connectivity index (χ4n) is 11.4. The maximum Gasteiger partial charge on any atom is 0.262 e. The molecule has 6 aliphatic rings. The highest BCUT2D eigenvalue weighted by molar-refractivity contribution is 6.23. The molecule has 5 aliphatic heterocycles. The van der Waals surface area contributed by atoms with Gasteiger partial charge in [-0.05, 0) is 112 Å². The minimum Gasteiger partial charge on any atom is -0.371 e. The van der Waals surface area contributed by atoms with Crippen molar-refractivity contribution in [3.8, 4) is 0 Å². The first-order valence-corrected chi connectivity index (χ1v) is 25.4. The molecule has 18 nitrogen and oxygen atoms in total. The Morgan fingerprint density at radius 2 is 1.44 bits per heavy atom. The highest BCUT2D eigenvalue weighted by atomic mass is 16.2. The van der Waals surface area contributed by atoms with Gasteiger partial charge in [0.2, 0.25) is 23.6 Å². The van der Waals surface area contributed by atoms with Crippen molar-refractivity contribution in [3.05, 3.63) is 102 Å². The molecule has 0 spiro atoms. The molecule has 3 N–H and O–H groups in total. The Morgan fingerprint density at radius 1 is 0.718 bits per heavy atom. The molecule has 0 bridgehead atoms. The molecule has 5 aromatic rings. The zero-order valence-electron chi connectivity index (χ0n) is 39.9. The molecule has 11 rings (SSSR count). The fraction of sp³-hybridized carbons (Fsp3) is 0.453. The van der Waals surface area contributed by atoms with Gasteiger partial charge in [-0.25, -0.2) is 15.0 Å². The third-order valence-corrected chi connectivity index (χ3v) is 15.7. The third kappa shape index (κ3) is 9.68. The largest absolute Gasteiger partial charge is 0.371 e. The van der Waals surface area contributed by atoms with E-state index < -0.39 is 29.7 Å². The number of hydrogen-bond donors (Lipinski definition) is 3. The second-order valence-corrected chi connectivity index (χ2v) is 20.1. The summed E-state index contributed by atoms with van der Waals surface area (Å²) in [5, 5.41) is 8.87. The summed E-state index contributed by atoms with van der Waals surface area (Å²) < 4.78 is 2.10. The number of nitrogens with one attached hydrogen (secondary N) is 3. The zero-order valence-corrected chi connectivity index (χ0v) is 39.9. The van der Waals surface area contributed by atoms with E-state index in [2.05, 4.69) is 74.4 Å². The van der Waals surface area contributed by atoms with Crippen LogP contribution in [0.3, 0.4) is 0 Å². The Bertz CT molecular complexity index is 2830. The van der Waals surface area contributed by atoms with Crippen molar-refractivity contribution < 1.29 is 28.8 Å². The lowest BCUT2D eigenvalue weighted by atomic mass is 9.86. The number of carbonyl (C=O) groups is 6. The van der Waals surface area contributed by atoms with Gasteiger partial charge in [-0.2, -0.15) is 0 Å². The van der Waals surface area contributed by atoms with E-state index in [-0.39, 0.29) is 53.8 Å². The number of benzene rings is 3. The maximum absolute atomic E-state index is 13.7. The van der Waals surface area contributed by atoms with Gasteiger partial charge in [-0.3, -0.25) is 43.9 Å². The van der Waals surface area contributed by atoms with Crippen LogP contribution in [0.1, 0.15) is 90.1 Å². The molecule has 6 amide bonds. The van der Waals surface area contributed by atoms with Gasteiger partial charge in [-0.1, -0.05) is 30.3 Å². The predicted octanol–water partition coefficient (Wildman–Crippen LogP) is 4.70. The topological polar surface area (TPSA) is 198 Å². The maximum atomic E-state index is 13.7. The van der Waals surface area contributed by atoms with Crippen LogP contribution in [-0.4, -0.2) is 141 Å². The summed E-state index contributed by atoms with van der Waals surface area (Å²) >= 11 is 0. The van der Waals surface area contributed by atoms with Gasteiger partial charge in [0, 0.05) is 93.8 Å². The molecule has 368 valence electrons. The number of imidazole rings is 1. The van der Waals surface area contributed by atoms with Gasteiger partial charge in [0.15, 0.2) is 17.0 Å². The van der Waals surface area contributed by atoms with E-state index in [0.29, 0.717) is 31.2 Å². The summed E-state index contributed by atoms with van der Waals surface area (Å²) in [6.45, 7) is 7.98. The highest BCUT2D eigenvalue weighted by Crippen LogP contribution is 2.36. The van der Waals surface area contributed by atoms with Crippen molar-refractivity contribution in [2.75, 3.05) is 74.0 Å². The summed E-state index contributed by atoms with van der Waals surface area (Å²) in [4.78, 5) is 101. The number of imide groups is 2. The molecule has 7 heterocycles. The number of rotatable bonds is 13. The van der Waals surface area contributed by atoms with Gasteiger partial charge < -0.3 is 29.9 Å². The number of piperazine rings is 1. The summed E-state index contributed by atoms with van der Waals surface area (Å²) in [5.74, 6) is -0.514. The van der Waals surface area contributed by atoms with E-state index in [1.165, 1.54) is 5.69 Å². The standard InChI is InChI=1S/C53H60N12O6/c66-45-13-12-44(50(68)59-45)65-52(70)42-11-10-40(31-43(42)53(65)71)61-22-17-36(18-23-61)51(69)63-20-15-34(16-21-63)14-19-60-24-26-62(27-25-60)39-8-6-37(7-9-39)58-48-47-49(55-32-54-48)64(33-56-47)41-29-38(30-41)57-46(67)28-35-4-2-1-3-5-35/h1-11,31-34,36,38,41,44H,12-30H2,(H,57,67)(H,54,55,58)(H,59,66,68)/t38?,41?,44-/m0/s1. The van der Waals surface area contributed by atoms with Crippen LogP contribution < -0.4 is 25.8 Å². The summed E-state index contributed by atoms with van der Waals surface area (Å²) in [6.07, 6.45) is 10.3. The average molecular weight is 961 g/mol. The van der Waals surface area contributed by atoms with Crippen LogP contribution in [-0.2, 0) is 25.6 Å². The van der Waals surface area contributed by atoms with Crippen molar-refractivity contribution in [2.24, 2.45) is 11.8 Å². The van der Waals surface area contributed by atoms with Gasteiger partial charge in [0.1, 0.15) is 12.4 Å². The summed E-state index contributed by atoms with van der Waals surface area (Å²) in [7, 11) is 0. The van der Waals surface area contributed by atoms with Crippen LogP contribution in [0, 0.1) is 11.8 Å². The molecule has 1 saturated carbocycles. The van der Waals surface area contributed by atoms with Gasteiger partial charge >= 0.3 is 0 Å². The van der Waals surface area contributed by atoms with E-state index >= 15 is 0 Å². The predicted molar refractivity (Wildman–Crippen MR) is 266 cm³/mol. The minimum absolute atomic E-state index is 0.0339. The first-order chi connectivity index (χ1) is 34.6. The molecule has 2 aromatic heterocycles. The molecule has 5 fully saturated rings. The SMILES string of the molecule is O=C1CC[C@H](N2C(=O)c3ccc(N4CCC(C(=O)N5CCC(CCN6CCN(c7ccc(Nc8ncnc9c8ncn9C8CC(NC(=O)Cc9ccccc9)C8)cc7)CC6)CC5)CC4)cc3C2=O)C(=O)N1. The van der Waals surface area contributed by atoms with Crippen molar-refractivity contribution in [3.63, 3.8) is 0 Å². The summed E-state index contributed by atoms with van der Waals surface area (Å²) in [6, 6.07) is 22.9. The smallest absolute Gasteiger partial charge is 0.262 e. The Balaban J connectivity index is 0.586. The minimum atomic E-state index is -0.995. The van der Waals surface area contributed by atoms with Crippen molar-refractivity contribution in [1.82, 2.24) is 44.9 Å². The second kappa shape index (κ2) is 19.9. The van der Waals surface area contributed by atoms with E-state index in [9.17, 15) is 28.8 Å². The van der Waals surface area contributed by atoms with E-state index in [4.69, 9.17) is 4.98 Å². The Labute approximate surface area is 412 Å². The van der Waals surface area contributed by atoms with Gasteiger partial charge in [0.05, 0.1) is 23.9 Å². The number of piperidine rings is 3. The zero-order chi connectivity index (χ0) is 48.6. The Morgan fingerprint density at radius 3 is 2.18 bits per heavy atom. The van der Waals surface area contributed by atoms with E-state index in [0.717, 1.165) is 124 Å². The van der Waals surface area contributed by atoms with Crippen LogP contribution in [0.15, 0.2) is 85.5 Å². The number of likely N-dealkylation sites (tertiary alicyclic amines) is 1. The molecule has 1 atom stereocenters. The molecule has 1 aliphatic carbocycles. The molecular weight excluding hydrogens is 901 g/mol. The Hall–Kier alpha value is -7.21. The van der Waals surface area contributed by atoms with E-state index in [1.54, 1.807) is 18.5 Å². The molecule has 71 heavy (non-hydrogen) atoms. The average Bonchev–Trinajstić information content (AvgIpc) is 3.92. The quantitative estimate of drug-likeness (QED) is 0.138. The molecule has 18 heteroatoms. The number of anilines is 4. The number of amides is 6. The third-order valence-electron chi connectivity index (χ3n) is 15.7. The lowest BCUT2D eigenvalue weighted by molar-refractivity contribution is -0.138. The first-order valence-electron chi connectivity index (χ1n) is 25.4. The first kappa shape index (κ1) is 46.2. The number of nitrogens with zero attached hydrogens (tertiary/aromatic N) is 9. The van der Waals surface area contributed by atoms with Crippen molar-refractivity contribution >= 4 is 69.5 Å². The van der Waals surface area contributed by atoms with Crippen molar-refractivity contribution in [1.29, 1.82) is 0 Å². The molecule has 0 radical (unpaired) electrons. The van der Waals surface area contributed by atoms with Crippen LogP contribution >= 0.6 is 0 Å². The number of carbonyl (C=O) groups excluding carboxylic acids is 6. The van der Waals surface area contributed by atoms with Crippen LogP contribution in [0.4, 0.5) is 22.9 Å². The normalized spacial score (nSPS) is 22.4. The number of fused-ring (bicyclic) bond motifs is 2. The lowest BCUT2D eigenvalue weighted by Crippen LogP contribution is -2.54. The van der Waals surface area contributed by atoms with Crippen LogP contribution in [0.2, 0.25) is 0 Å². The second-order valence-electron chi connectivity index (χ2n) is 20.1. The van der Waals surface area contributed by atoms with E-state index in [1.807, 2.05) is 42.7 Å². The lowest BCUT2D eigenvalue weighted by Gasteiger charge is -2.39. The molecular formula is C53H60N12O6. The molecule has 0 unspecified atom stereocenters. The summed E-state index contributed by atoms with van der Waals surface area (Å²) in [5.41, 5.74) is 6.00. The highest BCUT2D eigenvalue weighted by Gasteiger charge is 2.45. The Kier molecular flexibility index (Phi) is 12.9. The van der Waals surface area contributed by atoms with Gasteiger partial charge in [-0.15, -0.1) is 0 Å².